The van der Waals surface area contributed by atoms with Crippen molar-refractivity contribution < 1.29 is 22.8 Å². The van der Waals surface area contributed by atoms with Gasteiger partial charge in [-0.15, -0.1) is 0 Å². The van der Waals surface area contributed by atoms with Crippen LogP contribution in [0.4, 0.5) is 0 Å². The van der Waals surface area contributed by atoms with E-state index in [0.717, 1.165) is 11.1 Å². The lowest BCUT2D eigenvalue weighted by Crippen LogP contribution is -2.15. The van der Waals surface area contributed by atoms with Crippen LogP contribution in [0, 0.1) is 0 Å². The van der Waals surface area contributed by atoms with Crippen molar-refractivity contribution in [3.8, 4) is 17.2 Å². The van der Waals surface area contributed by atoms with Crippen LogP contribution in [0.1, 0.15) is 22.6 Å². The van der Waals surface area contributed by atoms with E-state index in [9.17, 15) is 18.6 Å². The van der Waals surface area contributed by atoms with Gasteiger partial charge in [-0.05, 0) is 71.3 Å². The second-order valence-electron chi connectivity index (χ2n) is 7.15. The van der Waals surface area contributed by atoms with Crippen LogP contribution in [0.2, 0.25) is 5.02 Å². The number of rotatable bonds is 6. The number of hydrogen-bond acceptors (Lipinski definition) is 5. The molecule has 0 fully saturated rings. The molecule has 4 rings (SSSR count). The third-order valence-electron chi connectivity index (χ3n) is 4.97. The summed E-state index contributed by atoms with van der Waals surface area (Å²) in [5.41, 5.74) is 2.03. The minimum atomic E-state index is -4.18. The van der Waals surface area contributed by atoms with Crippen LogP contribution < -0.4 is 4.18 Å². The van der Waals surface area contributed by atoms with E-state index in [1.54, 1.807) is 78.9 Å². The first kappa shape index (κ1) is 21.7. The lowest BCUT2D eigenvalue weighted by Gasteiger charge is -2.22. The predicted octanol–water partition coefficient (Wildman–Crippen LogP) is 5.70. The molecule has 0 amide bonds. The first-order valence-corrected chi connectivity index (χ1v) is 11.5. The van der Waals surface area contributed by atoms with Gasteiger partial charge in [0.05, 0.1) is 0 Å². The first-order chi connectivity index (χ1) is 15.3. The highest BCUT2D eigenvalue weighted by molar-refractivity contribution is 7.87. The monoisotopic (exact) mass is 466 g/mol. The normalized spacial score (nSPS) is 11.4. The highest BCUT2D eigenvalue weighted by Gasteiger charge is 2.27. The van der Waals surface area contributed by atoms with Crippen LogP contribution in [0.5, 0.6) is 17.2 Å². The summed E-state index contributed by atoms with van der Waals surface area (Å²) in [6.07, 6.45) is 0. The quantitative estimate of drug-likeness (QED) is 0.281. The minimum absolute atomic E-state index is 0.0149. The Morgan fingerprint density at radius 2 is 1.19 bits per heavy atom. The summed E-state index contributed by atoms with van der Waals surface area (Å²) in [7, 11) is -4.18. The van der Waals surface area contributed by atoms with Crippen molar-refractivity contribution in [2.24, 2.45) is 0 Å². The number of halogens is 1. The standard InChI is InChI=1S/C25H19ClO5S/c26-19-9-15-22(16-10-19)31-32(29,30)24-4-2-1-3-23(24)25(17-5-11-20(27)12-6-17)18-7-13-21(28)14-8-18/h1-16,25,27-28H. The second-order valence-corrected chi connectivity index (χ2v) is 9.10. The molecule has 162 valence electrons. The van der Waals surface area contributed by atoms with E-state index in [1.165, 1.54) is 18.2 Å². The van der Waals surface area contributed by atoms with Crippen LogP contribution in [0.15, 0.2) is 102 Å². The Hall–Kier alpha value is -3.48. The summed E-state index contributed by atoms with van der Waals surface area (Å²) in [6, 6.07) is 25.8. The maximum absolute atomic E-state index is 13.2. The predicted molar refractivity (Wildman–Crippen MR) is 123 cm³/mol. The van der Waals surface area contributed by atoms with Gasteiger partial charge >= 0.3 is 10.1 Å². The third-order valence-corrected chi connectivity index (χ3v) is 6.55. The average Bonchev–Trinajstić information content (AvgIpc) is 2.78. The molecule has 0 bridgehead atoms. The summed E-state index contributed by atoms with van der Waals surface area (Å²) in [6.45, 7) is 0. The number of phenolic OH excluding ortho intramolecular Hbond substituents is 2. The van der Waals surface area contributed by atoms with Crippen molar-refractivity contribution >= 4 is 21.7 Å². The molecule has 32 heavy (non-hydrogen) atoms. The second kappa shape index (κ2) is 8.94. The zero-order valence-corrected chi connectivity index (χ0v) is 18.3. The van der Waals surface area contributed by atoms with Gasteiger partial charge < -0.3 is 14.4 Å². The minimum Gasteiger partial charge on any atom is -0.508 e. The van der Waals surface area contributed by atoms with Gasteiger partial charge in [0.15, 0.2) is 0 Å². The molecular weight excluding hydrogens is 448 g/mol. The molecule has 4 aromatic rings. The Labute approximate surface area is 191 Å². The number of phenols is 2. The van der Waals surface area contributed by atoms with Gasteiger partial charge in [-0.2, -0.15) is 8.42 Å². The topological polar surface area (TPSA) is 83.8 Å². The van der Waals surface area contributed by atoms with Crippen molar-refractivity contribution in [3.63, 3.8) is 0 Å². The fourth-order valence-corrected chi connectivity index (χ4v) is 4.79. The van der Waals surface area contributed by atoms with Crippen molar-refractivity contribution in [1.29, 1.82) is 0 Å². The maximum Gasteiger partial charge on any atom is 0.339 e. The molecule has 0 spiro atoms. The van der Waals surface area contributed by atoms with Crippen molar-refractivity contribution in [1.82, 2.24) is 0 Å². The van der Waals surface area contributed by atoms with Crippen LogP contribution in [0.3, 0.4) is 0 Å². The van der Waals surface area contributed by atoms with Crippen LogP contribution in [-0.2, 0) is 10.1 Å². The lowest BCUT2D eigenvalue weighted by atomic mass is 9.85. The number of aromatic hydroxyl groups is 2. The summed E-state index contributed by atoms with van der Waals surface area (Å²) in [5, 5.41) is 19.9. The Morgan fingerprint density at radius 3 is 1.72 bits per heavy atom. The molecule has 7 heteroatoms. The Kier molecular flexibility index (Phi) is 6.08. The average molecular weight is 467 g/mol. The summed E-state index contributed by atoms with van der Waals surface area (Å²) >= 11 is 5.88. The van der Waals surface area contributed by atoms with Crippen molar-refractivity contribution in [3.05, 3.63) is 119 Å². The van der Waals surface area contributed by atoms with Gasteiger partial charge in [0, 0.05) is 10.9 Å². The molecule has 0 atom stereocenters. The number of benzene rings is 4. The van der Waals surface area contributed by atoms with Gasteiger partial charge in [0.25, 0.3) is 0 Å². The third kappa shape index (κ3) is 4.72. The smallest absolute Gasteiger partial charge is 0.339 e. The van der Waals surface area contributed by atoms with Crippen LogP contribution in [-0.4, -0.2) is 18.6 Å². The zero-order chi connectivity index (χ0) is 22.7. The van der Waals surface area contributed by atoms with Gasteiger partial charge in [0.1, 0.15) is 22.1 Å². The molecule has 4 aromatic carbocycles. The molecule has 0 radical (unpaired) electrons. The molecule has 0 aliphatic carbocycles. The number of hydrogen-bond donors (Lipinski definition) is 2. The molecule has 0 aliphatic rings. The molecule has 0 aromatic heterocycles. The van der Waals surface area contributed by atoms with Gasteiger partial charge in [-0.1, -0.05) is 54.1 Å². The van der Waals surface area contributed by atoms with E-state index < -0.39 is 16.0 Å². The van der Waals surface area contributed by atoms with Crippen LogP contribution >= 0.6 is 11.6 Å². The van der Waals surface area contributed by atoms with Gasteiger partial charge in [-0.3, -0.25) is 0 Å². The Morgan fingerprint density at radius 1 is 0.688 bits per heavy atom. The van der Waals surface area contributed by atoms with E-state index in [1.807, 2.05) is 0 Å². The zero-order valence-electron chi connectivity index (χ0n) is 16.7. The maximum atomic E-state index is 13.2. The molecule has 2 N–H and O–H groups in total. The molecule has 0 aliphatic heterocycles. The van der Waals surface area contributed by atoms with E-state index in [-0.39, 0.29) is 22.1 Å². The van der Waals surface area contributed by atoms with Crippen molar-refractivity contribution in [2.45, 2.75) is 10.8 Å². The fourth-order valence-electron chi connectivity index (χ4n) is 3.49. The van der Waals surface area contributed by atoms with Gasteiger partial charge in [0.2, 0.25) is 0 Å². The highest BCUT2D eigenvalue weighted by Crippen LogP contribution is 2.37. The van der Waals surface area contributed by atoms with E-state index in [0.29, 0.717) is 10.6 Å². The van der Waals surface area contributed by atoms with Gasteiger partial charge in [-0.25, -0.2) is 0 Å². The molecule has 0 unspecified atom stereocenters. The largest absolute Gasteiger partial charge is 0.508 e. The Bertz CT molecular complexity index is 1270. The summed E-state index contributed by atoms with van der Waals surface area (Å²) in [5.74, 6) is -0.138. The molecular formula is C25H19ClO5S. The highest BCUT2D eigenvalue weighted by atomic mass is 35.5. The molecule has 5 nitrogen and oxygen atoms in total. The van der Waals surface area contributed by atoms with Crippen molar-refractivity contribution in [2.75, 3.05) is 0 Å². The van der Waals surface area contributed by atoms with E-state index in [2.05, 4.69) is 0 Å². The lowest BCUT2D eigenvalue weighted by molar-refractivity contribution is 0.474. The van der Waals surface area contributed by atoms with Crippen LogP contribution in [0.25, 0.3) is 0 Å². The SMILES string of the molecule is O=S(=O)(Oc1ccc(Cl)cc1)c1ccccc1C(c1ccc(O)cc1)c1ccc(O)cc1. The summed E-state index contributed by atoms with van der Waals surface area (Å²) in [4.78, 5) is 0.0149. The fraction of sp³-hybridized carbons (Fsp3) is 0.0400. The molecule has 0 saturated heterocycles. The van der Waals surface area contributed by atoms with E-state index >= 15 is 0 Å². The molecule has 0 heterocycles. The van der Waals surface area contributed by atoms with E-state index in [4.69, 9.17) is 15.8 Å². The Balaban J connectivity index is 1.84. The molecule has 0 saturated carbocycles. The summed E-state index contributed by atoms with van der Waals surface area (Å²) < 4.78 is 31.9. The first-order valence-electron chi connectivity index (χ1n) is 9.70.